The fourth-order valence-electron chi connectivity index (χ4n) is 5.45. The van der Waals surface area contributed by atoms with Crippen molar-refractivity contribution in [2.45, 2.75) is 17.0 Å². The molecule has 5 aromatic rings. The Bertz CT molecular complexity index is 1810. The number of hydrogen-bond donors (Lipinski definition) is 1. The molecule has 0 bridgehead atoms. The first-order valence-electron chi connectivity index (χ1n) is 14.0. The van der Waals surface area contributed by atoms with Crippen molar-refractivity contribution in [1.29, 1.82) is 0 Å². The van der Waals surface area contributed by atoms with Gasteiger partial charge < -0.3 is 10.2 Å². The Morgan fingerprint density at radius 1 is 0.767 bits per heavy atom. The van der Waals surface area contributed by atoms with Crippen LogP contribution in [0.4, 0.5) is 0 Å². The average Bonchev–Trinajstić information content (AvgIpc) is 3.07. The van der Waals surface area contributed by atoms with Gasteiger partial charge in [0.05, 0.1) is 16.5 Å². The minimum absolute atomic E-state index is 0.0363. The lowest BCUT2D eigenvalue weighted by atomic mass is 9.98. The second kappa shape index (κ2) is 12.2. The van der Waals surface area contributed by atoms with E-state index in [4.69, 9.17) is 0 Å². The molecule has 43 heavy (non-hydrogen) atoms. The van der Waals surface area contributed by atoms with E-state index in [0.29, 0.717) is 16.5 Å². The van der Waals surface area contributed by atoms with Crippen molar-refractivity contribution >= 4 is 32.7 Å². The van der Waals surface area contributed by atoms with Crippen molar-refractivity contribution in [3.05, 3.63) is 144 Å². The summed E-state index contributed by atoms with van der Waals surface area (Å²) in [5.74, 6) is -0.746. The van der Waals surface area contributed by atoms with Crippen LogP contribution in [-0.4, -0.2) is 60.1 Å². The van der Waals surface area contributed by atoms with Crippen LogP contribution in [0.25, 0.3) is 10.9 Å². The molecular weight excluding hydrogens is 560 g/mol. The maximum absolute atomic E-state index is 14.2. The number of nitrogens with one attached hydrogen (secondary N) is 1. The highest BCUT2D eigenvalue weighted by atomic mass is 32.2. The second-order valence-corrected chi connectivity index (χ2v) is 12.3. The number of amides is 2. The van der Waals surface area contributed by atoms with Gasteiger partial charge in [-0.3, -0.25) is 14.6 Å². The summed E-state index contributed by atoms with van der Waals surface area (Å²) in [7, 11) is -4.12. The van der Waals surface area contributed by atoms with Crippen molar-refractivity contribution in [2.75, 3.05) is 19.6 Å². The van der Waals surface area contributed by atoms with Gasteiger partial charge in [-0.05, 0) is 47.5 Å². The maximum Gasteiger partial charge on any atom is 0.253 e. The number of rotatable bonds is 7. The van der Waals surface area contributed by atoms with Crippen molar-refractivity contribution in [3.8, 4) is 0 Å². The molecule has 6 rings (SSSR count). The molecule has 216 valence electrons. The summed E-state index contributed by atoms with van der Waals surface area (Å²) < 4.78 is 29.5. The fourth-order valence-corrected chi connectivity index (χ4v) is 7.06. The number of sulfonamides is 1. The third kappa shape index (κ3) is 5.90. The highest BCUT2D eigenvalue weighted by Gasteiger charge is 2.42. The van der Waals surface area contributed by atoms with Crippen LogP contribution < -0.4 is 5.32 Å². The molecule has 9 heteroatoms. The molecule has 2 amide bonds. The van der Waals surface area contributed by atoms with Crippen LogP contribution in [0.2, 0.25) is 0 Å². The molecule has 8 nitrogen and oxygen atoms in total. The van der Waals surface area contributed by atoms with Crippen LogP contribution in [0.5, 0.6) is 0 Å². The van der Waals surface area contributed by atoms with E-state index in [2.05, 4.69) is 10.3 Å². The molecule has 1 aliphatic rings. The summed E-state index contributed by atoms with van der Waals surface area (Å²) in [6, 6.07) is 34.4. The first kappa shape index (κ1) is 28.3. The predicted octanol–water partition coefficient (Wildman–Crippen LogP) is 4.66. The molecule has 1 saturated heterocycles. The summed E-state index contributed by atoms with van der Waals surface area (Å²) in [5.41, 5.74) is 2.85. The zero-order valence-corrected chi connectivity index (χ0v) is 24.1. The molecule has 1 aromatic heterocycles. The van der Waals surface area contributed by atoms with Gasteiger partial charge in [0.2, 0.25) is 15.9 Å². The number of piperazine rings is 1. The lowest BCUT2D eigenvalue weighted by Crippen LogP contribution is -2.61. The van der Waals surface area contributed by atoms with E-state index in [1.54, 1.807) is 59.6 Å². The van der Waals surface area contributed by atoms with Crippen molar-refractivity contribution < 1.29 is 18.0 Å². The summed E-state index contributed by atoms with van der Waals surface area (Å²) in [6.07, 6.45) is 1.65. The van der Waals surface area contributed by atoms with Gasteiger partial charge >= 0.3 is 0 Å². The Labute approximate surface area is 250 Å². The normalized spacial score (nSPS) is 15.8. The molecule has 1 atom stereocenters. The number of fused-ring (bicyclic) bond motifs is 1. The first-order chi connectivity index (χ1) is 20.9. The van der Waals surface area contributed by atoms with E-state index in [9.17, 15) is 18.0 Å². The van der Waals surface area contributed by atoms with Crippen molar-refractivity contribution in [3.63, 3.8) is 0 Å². The number of hydrogen-bond acceptors (Lipinski definition) is 5. The number of aromatic nitrogens is 1. The number of pyridine rings is 1. The number of carbonyl (C=O) groups excluding carboxylic acids is 2. The number of nitrogens with zero attached hydrogens (tertiary/aromatic N) is 3. The van der Waals surface area contributed by atoms with Gasteiger partial charge in [-0.15, -0.1) is 0 Å². The van der Waals surface area contributed by atoms with Crippen LogP contribution in [0.3, 0.4) is 0 Å². The lowest BCUT2D eigenvalue weighted by molar-refractivity contribution is -0.126. The average molecular weight is 591 g/mol. The molecule has 0 aliphatic carbocycles. The Hall–Kier alpha value is -4.86. The van der Waals surface area contributed by atoms with Crippen LogP contribution in [0, 0.1) is 0 Å². The number of carbonyl (C=O) groups is 2. The topological polar surface area (TPSA) is 99.7 Å². The number of benzene rings is 4. The molecule has 0 radical (unpaired) electrons. The predicted molar refractivity (Wildman–Crippen MR) is 165 cm³/mol. The minimum atomic E-state index is -4.12. The summed E-state index contributed by atoms with van der Waals surface area (Å²) in [5, 5.41) is 3.79. The molecule has 0 saturated carbocycles. The van der Waals surface area contributed by atoms with E-state index in [1.807, 2.05) is 66.7 Å². The Morgan fingerprint density at radius 3 is 2.05 bits per heavy atom. The molecule has 1 N–H and O–H groups in total. The van der Waals surface area contributed by atoms with Gasteiger partial charge in [-0.1, -0.05) is 84.9 Å². The fraction of sp³-hybridized carbons (Fsp3) is 0.147. The Morgan fingerprint density at radius 2 is 1.40 bits per heavy atom. The minimum Gasteiger partial charge on any atom is -0.344 e. The van der Waals surface area contributed by atoms with Gasteiger partial charge in [0, 0.05) is 36.8 Å². The zero-order valence-electron chi connectivity index (χ0n) is 23.3. The molecule has 1 aliphatic heterocycles. The van der Waals surface area contributed by atoms with Crippen LogP contribution >= 0.6 is 0 Å². The third-order valence-electron chi connectivity index (χ3n) is 7.68. The van der Waals surface area contributed by atoms with Crippen LogP contribution in [-0.2, 0) is 14.8 Å². The zero-order chi connectivity index (χ0) is 29.8. The Balaban J connectivity index is 1.36. The highest BCUT2D eigenvalue weighted by molar-refractivity contribution is 7.89. The molecule has 1 unspecified atom stereocenters. The van der Waals surface area contributed by atoms with Gasteiger partial charge in [-0.2, -0.15) is 4.31 Å². The molecule has 4 aromatic carbocycles. The smallest absolute Gasteiger partial charge is 0.253 e. The first-order valence-corrected chi connectivity index (χ1v) is 15.5. The standard InChI is InChI=1S/C34H30N4O4S/c39-33(36-32(25-11-4-1-5-12-25)26-13-6-2-7-14-26)31-24-37(34(40)27-15-8-3-9-16-27)21-22-38(31)43(41,42)29-18-19-30-28(23-29)17-10-20-35-30/h1-20,23,31-32H,21-22,24H2,(H,36,39). The van der Waals surface area contributed by atoms with Crippen molar-refractivity contribution in [1.82, 2.24) is 19.5 Å². The van der Waals surface area contributed by atoms with E-state index < -0.39 is 28.0 Å². The monoisotopic (exact) mass is 590 g/mol. The van der Waals surface area contributed by atoms with Gasteiger partial charge in [-0.25, -0.2) is 8.42 Å². The Kier molecular flexibility index (Phi) is 8.00. The second-order valence-electron chi connectivity index (χ2n) is 10.4. The van der Waals surface area contributed by atoms with Gasteiger partial charge in [0.1, 0.15) is 6.04 Å². The quantitative estimate of drug-likeness (QED) is 0.297. The van der Waals surface area contributed by atoms with Crippen LogP contribution in [0.1, 0.15) is 27.5 Å². The van der Waals surface area contributed by atoms with Crippen LogP contribution in [0.15, 0.2) is 132 Å². The van der Waals surface area contributed by atoms with E-state index in [-0.39, 0.29) is 30.4 Å². The SMILES string of the molecule is O=C(NC(c1ccccc1)c1ccccc1)C1CN(C(=O)c2ccccc2)CCN1S(=O)(=O)c1ccc2ncccc2c1. The summed E-state index contributed by atoms with van der Waals surface area (Å²) in [6.45, 7) is 0.0162. The molecular formula is C34H30N4O4S. The lowest BCUT2D eigenvalue weighted by Gasteiger charge is -2.40. The summed E-state index contributed by atoms with van der Waals surface area (Å²) >= 11 is 0. The largest absolute Gasteiger partial charge is 0.344 e. The summed E-state index contributed by atoms with van der Waals surface area (Å²) in [4.78, 5) is 33.5. The van der Waals surface area contributed by atoms with Gasteiger partial charge in [0.25, 0.3) is 5.91 Å². The van der Waals surface area contributed by atoms with E-state index in [1.165, 1.54) is 10.4 Å². The molecule has 0 spiro atoms. The van der Waals surface area contributed by atoms with E-state index >= 15 is 0 Å². The highest BCUT2D eigenvalue weighted by Crippen LogP contribution is 2.27. The van der Waals surface area contributed by atoms with Crippen molar-refractivity contribution in [2.24, 2.45) is 0 Å². The van der Waals surface area contributed by atoms with Gasteiger partial charge in [0.15, 0.2) is 0 Å². The van der Waals surface area contributed by atoms with E-state index in [0.717, 1.165) is 11.1 Å². The maximum atomic E-state index is 14.2. The molecule has 2 heterocycles. The molecule has 1 fully saturated rings. The third-order valence-corrected chi connectivity index (χ3v) is 9.58.